The highest BCUT2D eigenvalue weighted by Crippen LogP contribution is 2.28. The average Bonchev–Trinajstić information content (AvgIpc) is 2.39. The topological polar surface area (TPSA) is 74.0 Å². The second-order valence-electron chi connectivity index (χ2n) is 3.66. The highest BCUT2D eigenvalue weighted by atomic mass is 35.5. The van der Waals surface area contributed by atoms with Gasteiger partial charge in [-0.25, -0.2) is 9.78 Å². The minimum atomic E-state index is -1.12. The fraction of sp³-hybridized carbons (Fsp3) is 0. The lowest BCUT2D eigenvalue weighted by molar-refractivity contribution is 0.0697. The summed E-state index contributed by atoms with van der Waals surface area (Å²) in [5, 5.41) is 18.5. The molecule has 0 saturated carbocycles. The number of aromatic nitrogens is 1. The summed E-state index contributed by atoms with van der Waals surface area (Å²) in [6.45, 7) is 0. The summed E-state index contributed by atoms with van der Waals surface area (Å²) in [4.78, 5) is 15.1. The van der Waals surface area contributed by atoms with Gasteiger partial charge in [-0.3, -0.25) is 0 Å². The Hall–Kier alpha value is -2.09. The average molecular weight is 293 g/mol. The van der Waals surface area contributed by atoms with Crippen molar-refractivity contribution in [1.82, 2.24) is 4.98 Å². The fourth-order valence-corrected chi connectivity index (χ4v) is 1.93. The van der Waals surface area contributed by atoms with Crippen molar-refractivity contribution in [3.05, 3.63) is 51.8 Å². The van der Waals surface area contributed by atoms with Gasteiger partial charge in [-0.05, 0) is 23.8 Å². The van der Waals surface area contributed by atoms with E-state index in [0.717, 1.165) is 0 Å². The molecule has 0 fully saturated rings. The lowest BCUT2D eigenvalue weighted by Crippen LogP contribution is -2.00. The predicted octanol–water partition coefficient (Wildman–Crippen LogP) is 3.63. The number of aromatic carboxylic acids is 1. The third kappa shape index (κ3) is 2.68. The summed E-state index contributed by atoms with van der Waals surface area (Å²) in [5.74, 6) is -1.12. The normalized spacial score (nSPS) is 9.95. The zero-order chi connectivity index (χ0) is 14.0. The van der Waals surface area contributed by atoms with Crippen molar-refractivity contribution in [3.8, 4) is 17.2 Å². The Morgan fingerprint density at radius 1 is 1.32 bits per heavy atom. The van der Waals surface area contributed by atoms with Gasteiger partial charge in [0.2, 0.25) is 0 Å². The lowest BCUT2D eigenvalue weighted by atomic mass is 10.0. The van der Waals surface area contributed by atoms with Crippen LogP contribution in [0.2, 0.25) is 10.2 Å². The van der Waals surface area contributed by atoms with E-state index in [1.54, 1.807) is 6.07 Å². The Balaban J connectivity index is 2.66. The molecule has 0 unspecified atom stereocenters. The first kappa shape index (κ1) is 13.3. The molecule has 2 aromatic rings. The standard InChI is InChI=1S/C13H6Cl2N2O2/c14-11-2-1-7(3-8(11)5-16)10-6-17-12(15)4-9(10)13(18)19/h1-4,6H,(H,18,19). The SMILES string of the molecule is N#Cc1cc(-c2cnc(Cl)cc2C(=O)O)ccc1Cl. The van der Waals surface area contributed by atoms with Gasteiger partial charge < -0.3 is 5.11 Å². The van der Waals surface area contributed by atoms with Crippen molar-refractivity contribution in [2.45, 2.75) is 0 Å². The molecular formula is C13H6Cl2N2O2. The number of nitriles is 1. The molecule has 0 radical (unpaired) electrons. The Morgan fingerprint density at radius 2 is 2.05 bits per heavy atom. The summed E-state index contributed by atoms with van der Waals surface area (Å²) >= 11 is 11.5. The minimum absolute atomic E-state index is 0.0196. The number of benzene rings is 1. The van der Waals surface area contributed by atoms with E-state index in [9.17, 15) is 4.79 Å². The largest absolute Gasteiger partial charge is 0.478 e. The third-order valence-electron chi connectivity index (χ3n) is 2.50. The van der Waals surface area contributed by atoms with Crippen LogP contribution in [-0.2, 0) is 0 Å². The molecule has 0 aliphatic rings. The molecule has 19 heavy (non-hydrogen) atoms. The number of carboxylic acid groups (broad SMARTS) is 1. The maximum Gasteiger partial charge on any atom is 0.336 e. The van der Waals surface area contributed by atoms with Crippen LogP contribution < -0.4 is 0 Å². The first-order chi connectivity index (χ1) is 9.02. The third-order valence-corrected chi connectivity index (χ3v) is 3.04. The van der Waals surface area contributed by atoms with Crippen LogP contribution in [0.1, 0.15) is 15.9 Å². The van der Waals surface area contributed by atoms with Crippen LogP contribution in [0.15, 0.2) is 30.5 Å². The first-order valence-electron chi connectivity index (χ1n) is 5.12. The van der Waals surface area contributed by atoms with Crippen LogP contribution in [0, 0.1) is 11.3 Å². The van der Waals surface area contributed by atoms with E-state index < -0.39 is 5.97 Å². The summed E-state index contributed by atoms with van der Waals surface area (Å²) < 4.78 is 0. The van der Waals surface area contributed by atoms with Crippen LogP contribution in [0.3, 0.4) is 0 Å². The zero-order valence-electron chi connectivity index (χ0n) is 9.39. The Bertz CT molecular complexity index is 708. The van der Waals surface area contributed by atoms with Gasteiger partial charge in [0.05, 0.1) is 16.1 Å². The van der Waals surface area contributed by atoms with E-state index in [0.29, 0.717) is 16.1 Å². The van der Waals surface area contributed by atoms with Crippen molar-refractivity contribution < 1.29 is 9.90 Å². The molecule has 0 saturated heterocycles. The van der Waals surface area contributed by atoms with Gasteiger partial charge in [0.15, 0.2) is 0 Å². The molecular weight excluding hydrogens is 287 g/mol. The summed E-state index contributed by atoms with van der Waals surface area (Å²) in [5.41, 5.74) is 1.21. The molecule has 94 valence electrons. The number of pyridine rings is 1. The quantitative estimate of drug-likeness (QED) is 0.858. The first-order valence-corrected chi connectivity index (χ1v) is 5.87. The predicted molar refractivity (Wildman–Crippen MR) is 71.4 cm³/mol. The second-order valence-corrected chi connectivity index (χ2v) is 4.46. The van der Waals surface area contributed by atoms with E-state index in [-0.39, 0.29) is 16.3 Å². The molecule has 1 aromatic carbocycles. The number of nitrogens with zero attached hydrogens (tertiary/aromatic N) is 2. The van der Waals surface area contributed by atoms with E-state index in [1.165, 1.54) is 24.4 Å². The van der Waals surface area contributed by atoms with Gasteiger partial charge in [0.1, 0.15) is 11.2 Å². The summed E-state index contributed by atoms with van der Waals surface area (Å²) in [7, 11) is 0. The Kier molecular flexibility index (Phi) is 3.70. The van der Waals surface area contributed by atoms with E-state index in [4.69, 9.17) is 33.6 Å². The van der Waals surface area contributed by atoms with Crippen LogP contribution >= 0.6 is 23.2 Å². The van der Waals surface area contributed by atoms with Gasteiger partial charge >= 0.3 is 5.97 Å². The molecule has 2 rings (SSSR count). The summed E-state index contributed by atoms with van der Waals surface area (Å²) in [6.07, 6.45) is 1.36. The van der Waals surface area contributed by atoms with Crippen LogP contribution in [0.25, 0.3) is 11.1 Å². The molecule has 0 spiro atoms. The minimum Gasteiger partial charge on any atom is -0.478 e. The van der Waals surface area contributed by atoms with Gasteiger partial charge in [0, 0.05) is 11.8 Å². The molecule has 0 bridgehead atoms. The van der Waals surface area contributed by atoms with Crippen molar-refractivity contribution in [3.63, 3.8) is 0 Å². The van der Waals surface area contributed by atoms with Gasteiger partial charge in [0.25, 0.3) is 0 Å². The molecule has 1 N–H and O–H groups in total. The van der Waals surface area contributed by atoms with Crippen molar-refractivity contribution in [2.75, 3.05) is 0 Å². The number of carboxylic acids is 1. The van der Waals surface area contributed by atoms with E-state index in [1.807, 2.05) is 6.07 Å². The van der Waals surface area contributed by atoms with Gasteiger partial charge in [-0.15, -0.1) is 0 Å². The second kappa shape index (κ2) is 5.27. The molecule has 1 heterocycles. The van der Waals surface area contributed by atoms with Crippen LogP contribution in [0.4, 0.5) is 0 Å². The number of carbonyl (C=O) groups is 1. The monoisotopic (exact) mass is 292 g/mol. The van der Waals surface area contributed by atoms with E-state index >= 15 is 0 Å². The van der Waals surface area contributed by atoms with Crippen molar-refractivity contribution in [2.24, 2.45) is 0 Å². The fourth-order valence-electron chi connectivity index (χ4n) is 1.62. The zero-order valence-corrected chi connectivity index (χ0v) is 10.9. The van der Waals surface area contributed by atoms with Crippen molar-refractivity contribution in [1.29, 1.82) is 5.26 Å². The number of hydrogen-bond donors (Lipinski definition) is 1. The van der Waals surface area contributed by atoms with Crippen molar-refractivity contribution >= 4 is 29.2 Å². The molecule has 0 aliphatic heterocycles. The van der Waals surface area contributed by atoms with E-state index in [2.05, 4.69) is 4.98 Å². The Labute approximate surface area is 118 Å². The maximum atomic E-state index is 11.2. The van der Waals surface area contributed by atoms with Crippen LogP contribution in [-0.4, -0.2) is 16.1 Å². The molecule has 0 amide bonds. The lowest BCUT2D eigenvalue weighted by Gasteiger charge is -2.07. The molecule has 0 aliphatic carbocycles. The molecule has 1 aromatic heterocycles. The highest BCUT2D eigenvalue weighted by molar-refractivity contribution is 6.31. The molecule has 6 heteroatoms. The number of rotatable bonds is 2. The highest BCUT2D eigenvalue weighted by Gasteiger charge is 2.14. The van der Waals surface area contributed by atoms with Gasteiger partial charge in [-0.2, -0.15) is 5.26 Å². The van der Waals surface area contributed by atoms with Crippen LogP contribution in [0.5, 0.6) is 0 Å². The van der Waals surface area contributed by atoms with Gasteiger partial charge in [-0.1, -0.05) is 29.3 Å². The number of hydrogen-bond acceptors (Lipinski definition) is 3. The summed E-state index contributed by atoms with van der Waals surface area (Å²) in [6, 6.07) is 7.88. The molecule has 0 atom stereocenters. The maximum absolute atomic E-state index is 11.2. The smallest absolute Gasteiger partial charge is 0.336 e. The number of halogens is 2. The molecule has 4 nitrogen and oxygen atoms in total. The Morgan fingerprint density at radius 3 is 2.68 bits per heavy atom.